The number of aliphatic hydroxyl groups is 1. The number of aliphatic hydroxyl groups excluding tert-OH is 1. The molecule has 0 amide bonds. The summed E-state index contributed by atoms with van der Waals surface area (Å²) in [4.78, 5) is 2.55. The molecule has 2 heterocycles. The van der Waals surface area contributed by atoms with Crippen molar-refractivity contribution in [1.29, 1.82) is 0 Å². The molecule has 0 unspecified atom stereocenters. The Labute approximate surface area is 140 Å². The number of hydrogen-bond donors (Lipinski definition) is 1. The molecule has 0 atom stereocenters. The van der Waals surface area contributed by atoms with E-state index in [1.807, 2.05) is 0 Å². The molecule has 1 N–H and O–H groups in total. The van der Waals surface area contributed by atoms with Crippen LogP contribution < -0.4 is 0 Å². The predicted molar refractivity (Wildman–Crippen MR) is 93.5 cm³/mol. The average molecular weight is 317 g/mol. The molecule has 2 saturated heterocycles. The molecule has 23 heavy (non-hydrogen) atoms. The molecule has 3 heteroatoms. The number of ether oxygens (including phenoxy) is 1. The molecule has 1 aromatic carbocycles. The van der Waals surface area contributed by atoms with Gasteiger partial charge in [-0.25, -0.2) is 0 Å². The molecule has 0 radical (unpaired) electrons. The van der Waals surface area contributed by atoms with Gasteiger partial charge in [0.25, 0.3) is 0 Å². The van der Waals surface area contributed by atoms with Crippen LogP contribution >= 0.6 is 0 Å². The van der Waals surface area contributed by atoms with Crippen molar-refractivity contribution in [2.24, 2.45) is 0 Å². The first kappa shape index (κ1) is 16.9. The highest BCUT2D eigenvalue weighted by atomic mass is 16.5. The van der Waals surface area contributed by atoms with Crippen LogP contribution in [0.3, 0.4) is 0 Å². The molecule has 0 aliphatic carbocycles. The van der Waals surface area contributed by atoms with E-state index >= 15 is 0 Å². The molecule has 0 bridgehead atoms. The normalized spacial score (nSPS) is 24.0. The van der Waals surface area contributed by atoms with E-state index in [2.05, 4.69) is 43.0 Å². The van der Waals surface area contributed by atoms with Gasteiger partial charge in [-0.2, -0.15) is 0 Å². The van der Waals surface area contributed by atoms with Crippen LogP contribution in [0.1, 0.15) is 57.1 Å². The minimum atomic E-state index is 0.0546. The second-order valence-electron chi connectivity index (χ2n) is 7.97. The Hall–Kier alpha value is -0.900. The van der Waals surface area contributed by atoms with Crippen molar-refractivity contribution < 1.29 is 9.84 Å². The Bertz CT molecular complexity index is 518. The summed E-state index contributed by atoms with van der Waals surface area (Å²) in [6.45, 7) is 7.97. The van der Waals surface area contributed by atoms with Gasteiger partial charge in [-0.05, 0) is 63.5 Å². The fourth-order valence-electron chi connectivity index (χ4n) is 4.27. The Balaban J connectivity index is 1.56. The lowest BCUT2D eigenvalue weighted by Crippen LogP contribution is -2.52. The summed E-state index contributed by atoms with van der Waals surface area (Å²) in [6.07, 6.45) is 6.79. The smallest absolute Gasteiger partial charge is 0.0714 e. The zero-order chi connectivity index (χ0) is 16.3. The SMILES string of the molecule is CC1(C)CCCC2(CCN(Cc3cccc(CCO)c3)CC2)O1. The summed E-state index contributed by atoms with van der Waals surface area (Å²) >= 11 is 0. The zero-order valence-corrected chi connectivity index (χ0v) is 14.7. The van der Waals surface area contributed by atoms with Crippen LogP contribution in [0.25, 0.3) is 0 Å². The van der Waals surface area contributed by atoms with Crippen molar-refractivity contribution in [2.75, 3.05) is 19.7 Å². The maximum absolute atomic E-state index is 9.09. The molecule has 2 aliphatic rings. The number of hydrogen-bond acceptors (Lipinski definition) is 3. The molecule has 128 valence electrons. The maximum Gasteiger partial charge on any atom is 0.0714 e. The van der Waals surface area contributed by atoms with Crippen molar-refractivity contribution in [3.05, 3.63) is 35.4 Å². The summed E-state index contributed by atoms with van der Waals surface area (Å²) in [5.74, 6) is 0. The quantitative estimate of drug-likeness (QED) is 0.922. The molecular weight excluding hydrogens is 286 g/mol. The topological polar surface area (TPSA) is 32.7 Å². The highest BCUT2D eigenvalue weighted by Crippen LogP contribution is 2.41. The average Bonchev–Trinajstić information content (AvgIpc) is 2.50. The van der Waals surface area contributed by atoms with Gasteiger partial charge in [0.1, 0.15) is 0 Å². The maximum atomic E-state index is 9.09. The van der Waals surface area contributed by atoms with E-state index in [-0.39, 0.29) is 17.8 Å². The van der Waals surface area contributed by atoms with Crippen LogP contribution in [-0.2, 0) is 17.7 Å². The fraction of sp³-hybridized carbons (Fsp3) is 0.700. The van der Waals surface area contributed by atoms with Crippen molar-refractivity contribution in [3.63, 3.8) is 0 Å². The summed E-state index contributed by atoms with van der Waals surface area (Å²) in [6, 6.07) is 8.65. The minimum absolute atomic E-state index is 0.0546. The number of rotatable bonds is 4. The van der Waals surface area contributed by atoms with Gasteiger partial charge in [-0.1, -0.05) is 24.3 Å². The van der Waals surface area contributed by atoms with E-state index in [9.17, 15) is 0 Å². The lowest BCUT2D eigenvalue weighted by atomic mass is 9.80. The number of nitrogens with zero attached hydrogens (tertiary/aromatic N) is 1. The third kappa shape index (κ3) is 4.34. The molecular formula is C20H31NO2. The van der Waals surface area contributed by atoms with E-state index in [1.54, 1.807) is 0 Å². The Morgan fingerprint density at radius 1 is 1.09 bits per heavy atom. The second kappa shape index (κ2) is 6.92. The van der Waals surface area contributed by atoms with E-state index in [0.29, 0.717) is 0 Å². The summed E-state index contributed by atoms with van der Waals surface area (Å²) in [7, 11) is 0. The fourth-order valence-corrected chi connectivity index (χ4v) is 4.27. The summed E-state index contributed by atoms with van der Waals surface area (Å²) < 4.78 is 6.50. The van der Waals surface area contributed by atoms with E-state index in [0.717, 1.165) is 38.9 Å². The van der Waals surface area contributed by atoms with E-state index in [4.69, 9.17) is 9.84 Å². The van der Waals surface area contributed by atoms with E-state index < -0.39 is 0 Å². The first-order valence-corrected chi connectivity index (χ1v) is 9.12. The van der Waals surface area contributed by atoms with Crippen LogP contribution in [0.4, 0.5) is 0 Å². The van der Waals surface area contributed by atoms with Crippen LogP contribution in [0.5, 0.6) is 0 Å². The number of piperidine rings is 1. The van der Waals surface area contributed by atoms with Crippen molar-refractivity contribution in [2.45, 2.75) is 70.1 Å². The molecule has 0 aromatic heterocycles. The summed E-state index contributed by atoms with van der Waals surface area (Å²) in [5.41, 5.74) is 2.78. The molecule has 3 nitrogen and oxygen atoms in total. The van der Waals surface area contributed by atoms with Gasteiger partial charge in [0.2, 0.25) is 0 Å². The van der Waals surface area contributed by atoms with Crippen molar-refractivity contribution >= 4 is 0 Å². The summed E-state index contributed by atoms with van der Waals surface area (Å²) in [5, 5.41) is 9.09. The van der Waals surface area contributed by atoms with Gasteiger partial charge in [-0.15, -0.1) is 0 Å². The van der Waals surface area contributed by atoms with Gasteiger partial charge in [0.15, 0.2) is 0 Å². The molecule has 1 spiro atoms. The predicted octanol–water partition coefficient (Wildman–Crippen LogP) is 3.54. The zero-order valence-electron chi connectivity index (χ0n) is 14.7. The Kier molecular flexibility index (Phi) is 5.10. The van der Waals surface area contributed by atoms with Crippen molar-refractivity contribution in [3.8, 4) is 0 Å². The van der Waals surface area contributed by atoms with Gasteiger partial charge in [0.05, 0.1) is 11.2 Å². The first-order chi connectivity index (χ1) is 11.0. The highest BCUT2D eigenvalue weighted by Gasteiger charge is 2.42. The first-order valence-electron chi connectivity index (χ1n) is 9.12. The third-order valence-corrected chi connectivity index (χ3v) is 5.47. The van der Waals surface area contributed by atoms with Gasteiger partial charge < -0.3 is 9.84 Å². The standard InChI is InChI=1S/C20H31NO2/c1-19(2)8-4-9-20(23-19)10-12-21(13-11-20)16-18-6-3-5-17(15-18)7-14-22/h3,5-6,15,22H,4,7-14,16H2,1-2H3. The van der Waals surface area contributed by atoms with Crippen molar-refractivity contribution in [1.82, 2.24) is 4.90 Å². The van der Waals surface area contributed by atoms with Crippen LogP contribution in [0.15, 0.2) is 24.3 Å². The molecule has 2 aliphatic heterocycles. The molecule has 3 rings (SSSR count). The van der Waals surface area contributed by atoms with Gasteiger partial charge in [-0.3, -0.25) is 4.90 Å². The van der Waals surface area contributed by atoms with Gasteiger partial charge in [0, 0.05) is 26.2 Å². The molecule has 0 saturated carbocycles. The Morgan fingerprint density at radius 2 is 1.83 bits per heavy atom. The third-order valence-electron chi connectivity index (χ3n) is 5.47. The van der Waals surface area contributed by atoms with E-state index in [1.165, 1.54) is 30.4 Å². The molecule has 2 fully saturated rings. The number of likely N-dealkylation sites (tertiary alicyclic amines) is 1. The Morgan fingerprint density at radius 3 is 2.52 bits per heavy atom. The van der Waals surface area contributed by atoms with Crippen LogP contribution in [0, 0.1) is 0 Å². The minimum Gasteiger partial charge on any atom is -0.396 e. The molecule has 1 aromatic rings. The van der Waals surface area contributed by atoms with Gasteiger partial charge >= 0.3 is 0 Å². The lowest BCUT2D eigenvalue weighted by Gasteiger charge is -2.49. The second-order valence-corrected chi connectivity index (χ2v) is 7.97. The highest BCUT2D eigenvalue weighted by molar-refractivity contribution is 5.23. The lowest BCUT2D eigenvalue weighted by molar-refractivity contribution is -0.193. The largest absolute Gasteiger partial charge is 0.396 e. The van der Waals surface area contributed by atoms with Crippen LogP contribution in [0.2, 0.25) is 0 Å². The van der Waals surface area contributed by atoms with Crippen LogP contribution in [-0.4, -0.2) is 40.9 Å². The monoisotopic (exact) mass is 317 g/mol. The number of benzene rings is 1.